The van der Waals surface area contributed by atoms with Gasteiger partial charge < -0.3 is 14.8 Å². The molecule has 0 spiro atoms. The number of hydrogen-bond donors (Lipinski definition) is 1. The zero-order valence-electron chi connectivity index (χ0n) is 11.0. The summed E-state index contributed by atoms with van der Waals surface area (Å²) >= 11 is 1.67. The van der Waals surface area contributed by atoms with Crippen LogP contribution in [0.1, 0.15) is 13.3 Å². The van der Waals surface area contributed by atoms with Gasteiger partial charge in [0.1, 0.15) is 0 Å². The number of methoxy groups -OCH3 is 2. The maximum Gasteiger partial charge on any atom is 0.219 e. The zero-order chi connectivity index (χ0) is 13.4. The minimum Gasteiger partial charge on any atom is -0.493 e. The number of carbonyl (C=O) groups excluding carboxylic acids is 1. The molecule has 0 aliphatic carbocycles. The van der Waals surface area contributed by atoms with Crippen LogP contribution in [0.3, 0.4) is 0 Å². The summed E-state index contributed by atoms with van der Waals surface area (Å²) in [7, 11) is 3.23. The molecule has 1 aromatic rings. The molecular weight excluding hydrogens is 250 g/mol. The van der Waals surface area contributed by atoms with Crippen LogP contribution in [0.4, 0.5) is 0 Å². The lowest BCUT2D eigenvalue weighted by atomic mass is 10.3. The Morgan fingerprint density at radius 2 is 2.00 bits per heavy atom. The number of benzene rings is 1. The second-order valence-electron chi connectivity index (χ2n) is 3.57. The SMILES string of the molecule is CCC(=O)NCCSc1ccc(OC)c(OC)c1. The number of thioether (sulfide) groups is 1. The van der Waals surface area contributed by atoms with Gasteiger partial charge in [0.15, 0.2) is 11.5 Å². The van der Waals surface area contributed by atoms with Gasteiger partial charge in [-0.3, -0.25) is 4.79 Å². The van der Waals surface area contributed by atoms with E-state index in [1.54, 1.807) is 26.0 Å². The molecule has 0 saturated heterocycles. The molecule has 0 bridgehead atoms. The highest BCUT2D eigenvalue weighted by molar-refractivity contribution is 7.99. The van der Waals surface area contributed by atoms with Gasteiger partial charge in [-0.15, -0.1) is 11.8 Å². The van der Waals surface area contributed by atoms with Crippen molar-refractivity contribution < 1.29 is 14.3 Å². The third-order valence-electron chi connectivity index (χ3n) is 2.37. The molecule has 0 fully saturated rings. The molecule has 0 aliphatic heterocycles. The van der Waals surface area contributed by atoms with Crippen LogP contribution in [0.15, 0.2) is 23.1 Å². The van der Waals surface area contributed by atoms with Crippen molar-refractivity contribution in [3.63, 3.8) is 0 Å². The quantitative estimate of drug-likeness (QED) is 0.609. The minimum absolute atomic E-state index is 0.0860. The van der Waals surface area contributed by atoms with E-state index in [4.69, 9.17) is 9.47 Å². The molecule has 0 saturated carbocycles. The largest absolute Gasteiger partial charge is 0.493 e. The highest BCUT2D eigenvalue weighted by atomic mass is 32.2. The second-order valence-corrected chi connectivity index (χ2v) is 4.74. The molecule has 1 N–H and O–H groups in total. The lowest BCUT2D eigenvalue weighted by Gasteiger charge is -2.09. The van der Waals surface area contributed by atoms with E-state index in [9.17, 15) is 4.79 Å². The number of nitrogens with one attached hydrogen (secondary N) is 1. The average Bonchev–Trinajstić information content (AvgIpc) is 2.42. The highest BCUT2D eigenvalue weighted by Gasteiger charge is 2.04. The fraction of sp³-hybridized carbons (Fsp3) is 0.462. The van der Waals surface area contributed by atoms with Crippen LogP contribution in [0, 0.1) is 0 Å². The van der Waals surface area contributed by atoms with Crippen molar-refractivity contribution in [3.8, 4) is 11.5 Å². The van der Waals surface area contributed by atoms with Gasteiger partial charge >= 0.3 is 0 Å². The zero-order valence-corrected chi connectivity index (χ0v) is 11.8. The van der Waals surface area contributed by atoms with Gasteiger partial charge in [-0.05, 0) is 18.2 Å². The van der Waals surface area contributed by atoms with E-state index in [0.717, 1.165) is 22.1 Å². The van der Waals surface area contributed by atoms with Crippen LogP contribution in [-0.2, 0) is 4.79 Å². The van der Waals surface area contributed by atoms with E-state index in [0.29, 0.717) is 13.0 Å². The Hall–Kier alpha value is -1.36. The Balaban J connectivity index is 2.45. The standard InChI is InChI=1S/C13H19NO3S/c1-4-13(15)14-7-8-18-10-5-6-11(16-2)12(9-10)17-3/h5-6,9H,4,7-8H2,1-3H3,(H,14,15). The number of rotatable bonds is 7. The number of amides is 1. The van der Waals surface area contributed by atoms with Crippen LogP contribution < -0.4 is 14.8 Å². The first kappa shape index (κ1) is 14.7. The Morgan fingerprint density at radius 1 is 1.28 bits per heavy atom. The summed E-state index contributed by atoms with van der Waals surface area (Å²) in [6.45, 7) is 2.52. The molecule has 0 atom stereocenters. The summed E-state index contributed by atoms with van der Waals surface area (Å²) in [5.41, 5.74) is 0. The molecule has 0 aromatic heterocycles. The Bertz CT molecular complexity index is 396. The van der Waals surface area contributed by atoms with Crippen molar-refractivity contribution in [2.45, 2.75) is 18.2 Å². The van der Waals surface area contributed by atoms with Gasteiger partial charge in [0, 0.05) is 23.6 Å². The third-order valence-corrected chi connectivity index (χ3v) is 3.36. The summed E-state index contributed by atoms with van der Waals surface area (Å²) in [6, 6.07) is 5.80. The smallest absolute Gasteiger partial charge is 0.219 e. The summed E-state index contributed by atoms with van der Waals surface area (Å²) in [4.78, 5) is 12.1. The van der Waals surface area contributed by atoms with E-state index < -0.39 is 0 Å². The van der Waals surface area contributed by atoms with Crippen LogP contribution >= 0.6 is 11.8 Å². The van der Waals surface area contributed by atoms with Gasteiger partial charge in [-0.1, -0.05) is 6.92 Å². The van der Waals surface area contributed by atoms with Gasteiger partial charge in [-0.2, -0.15) is 0 Å². The van der Waals surface area contributed by atoms with E-state index >= 15 is 0 Å². The monoisotopic (exact) mass is 269 g/mol. The number of ether oxygens (including phenoxy) is 2. The first-order chi connectivity index (χ1) is 8.71. The van der Waals surface area contributed by atoms with Crippen molar-refractivity contribution in [1.82, 2.24) is 5.32 Å². The predicted molar refractivity (Wildman–Crippen MR) is 73.6 cm³/mol. The molecule has 1 amide bonds. The molecule has 5 heteroatoms. The summed E-state index contributed by atoms with van der Waals surface area (Å²) in [5.74, 6) is 2.37. The molecule has 18 heavy (non-hydrogen) atoms. The lowest BCUT2D eigenvalue weighted by Crippen LogP contribution is -2.24. The highest BCUT2D eigenvalue weighted by Crippen LogP contribution is 2.31. The van der Waals surface area contributed by atoms with Crippen molar-refractivity contribution >= 4 is 17.7 Å². The fourth-order valence-corrected chi connectivity index (χ4v) is 2.19. The van der Waals surface area contributed by atoms with E-state index in [-0.39, 0.29) is 5.91 Å². The van der Waals surface area contributed by atoms with E-state index in [2.05, 4.69) is 5.32 Å². The summed E-state index contributed by atoms with van der Waals surface area (Å²) < 4.78 is 10.4. The van der Waals surface area contributed by atoms with Gasteiger partial charge in [0.25, 0.3) is 0 Å². The first-order valence-electron chi connectivity index (χ1n) is 5.82. The van der Waals surface area contributed by atoms with Crippen LogP contribution in [0.5, 0.6) is 11.5 Å². The number of hydrogen-bond acceptors (Lipinski definition) is 4. The van der Waals surface area contributed by atoms with E-state index in [1.165, 1.54) is 0 Å². The normalized spacial score (nSPS) is 9.94. The molecule has 1 rings (SSSR count). The van der Waals surface area contributed by atoms with Gasteiger partial charge in [-0.25, -0.2) is 0 Å². The van der Waals surface area contributed by atoms with Gasteiger partial charge in [0.2, 0.25) is 5.91 Å². The molecular formula is C13H19NO3S. The molecule has 100 valence electrons. The Labute approximate surface area is 112 Å². The fourth-order valence-electron chi connectivity index (χ4n) is 1.39. The van der Waals surface area contributed by atoms with Gasteiger partial charge in [0.05, 0.1) is 14.2 Å². The average molecular weight is 269 g/mol. The van der Waals surface area contributed by atoms with E-state index in [1.807, 2.05) is 25.1 Å². The maximum absolute atomic E-state index is 11.1. The third kappa shape index (κ3) is 4.49. The summed E-state index contributed by atoms with van der Waals surface area (Å²) in [6.07, 6.45) is 0.529. The number of carbonyl (C=O) groups is 1. The maximum atomic E-state index is 11.1. The Kier molecular flexibility index (Phi) is 6.43. The molecule has 0 heterocycles. The molecule has 0 radical (unpaired) electrons. The lowest BCUT2D eigenvalue weighted by molar-refractivity contribution is -0.120. The second kappa shape index (κ2) is 7.87. The van der Waals surface area contributed by atoms with Crippen molar-refractivity contribution in [2.75, 3.05) is 26.5 Å². The molecule has 0 aliphatic rings. The van der Waals surface area contributed by atoms with Crippen molar-refractivity contribution in [1.29, 1.82) is 0 Å². The topological polar surface area (TPSA) is 47.6 Å². The van der Waals surface area contributed by atoms with Crippen molar-refractivity contribution in [2.24, 2.45) is 0 Å². The molecule has 0 unspecified atom stereocenters. The Morgan fingerprint density at radius 3 is 2.61 bits per heavy atom. The van der Waals surface area contributed by atoms with Crippen LogP contribution in [-0.4, -0.2) is 32.4 Å². The van der Waals surface area contributed by atoms with Crippen LogP contribution in [0.2, 0.25) is 0 Å². The molecule has 1 aromatic carbocycles. The van der Waals surface area contributed by atoms with Crippen molar-refractivity contribution in [3.05, 3.63) is 18.2 Å². The molecule has 4 nitrogen and oxygen atoms in total. The minimum atomic E-state index is 0.0860. The predicted octanol–water partition coefficient (Wildman–Crippen LogP) is 2.32. The first-order valence-corrected chi connectivity index (χ1v) is 6.81. The summed E-state index contributed by atoms with van der Waals surface area (Å²) in [5, 5.41) is 2.84. The van der Waals surface area contributed by atoms with Crippen LogP contribution in [0.25, 0.3) is 0 Å².